The number of rotatable bonds is 7. The quantitative estimate of drug-likeness (QED) is 0.391. The van der Waals surface area contributed by atoms with Crippen LogP contribution in [0.4, 0.5) is 11.4 Å². The van der Waals surface area contributed by atoms with Crippen molar-refractivity contribution in [2.45, 2.75) is 6.61 Å². The third kappa shape index (κ3) is 5.72. The summed E-state index contributed by atoms with van der Waals surface area (Å²) in [5.74, 6) is 0.335. The Labute approximate surface area is 214 Å². The van der Waals surface area contributed by atoms with Gasteiger partial charge in [-0.3, -0.25) is 9.59 Å². The van der Waals surface area contributed by atoms with E-state index in [-0.39, 0.29) is 11.8 Å². The Balaban J connectivity index is 1.11. The summed E-state index contributed by atoms with van der Waals surface area (Å²) in [4.78, 5) is 33.6. The molecular formula is C28H26N4O3S. The topological polar surface area (TPSA) is 74.8 Å². The molecule has 1 aliphatic heterocycles. The van der Waals surface area contributed by atoms with Crippen LogP contribution in [-0.2, 0) is 6.61 Å². The minimum absolute atomic E-state index is 0.0965. The molecule has 0 radical (unpaired) electrons. The van der Waals surface area contributed by atoms with E-state index in [0.29, 0.717) is 36.8 Å². The van der Waals surface area contributed by atoms with Gasteiger partial charge in [-0.1, -0.05) is 30.3 Å². The molecule has 0 atom stereocenters. The van der Waals surface area contributed by atoms with Crippen LogP contribution in [0.1, 0.15) is 26.3 Å². The SMILES string of the molecule is O=C(Nc1ccc(N2CCN(C(=O)c3ccsc3)CC2)cc1)c1ccc(OCc2ccccc2)nc1. The fraction of sp³-hybridized carbons (Fsp3) is 0.179. The van der Waals surface area contributed by atoms with Gasteiger partial charge in [-0.15, -0.1) is 0 Å². The van der Waals surface area contributed by atoms with Crippen LogP contribution >= 0.6 is 11.3 Å². The minimum Gasteiger partial charge on any atom is -0.473 e. The largest absolute Gasteiger partial charge is 0.473 e. The lowest BCUT2D eigenvalue weighted by molar-refractivity contribution is 0.0747. The summed E-state index contributed by atoms with van der Waals surface area (Å²) in [6.07, 6.45) is 1.51. The average Bonchev–Trinajstić information content (AvgIpc) is 3.48. The van der Waals surface area contributed by atoms with Crippen molar-refractivity contribution < 1.29 is 14.3 Å². The zero-order valence-corrected chi connectivity index (χ0v) is 20.5. The lowest BCUT2D eigenvalue weighted by Gasteiger charge is -2.36. The number of thiophene rings is 1. The van der Waals surface area contributed by atoms with E-state index < -0.39 is 0 Å². The van der Waals surface area contributed by atoms with Crippen LogP contribution in [0, 0.1) is 0 Å². The molecule has 8 heteroatoms. The molecule has 2 aromatic carbocycles. The molecule has 0 spiro atoms. The molecule has 1 fully saturated rings. The number of pyridine rings is 1. The Bertz CT molecular complexity index is 1290. The van der Waals surface area contributed by atoms with Crippen molar-refractivity contribution >= 4 is 34.5 Å². The summed E-state index contributed by atoms with van der Waals surface area (Å²) in [5.41, 5.74) is 4.05. The maximum absolute atomic E-state index is 12.6. The lowest BCUT2D eigenvalue weighted by Crippen LogP contribution is -2.48. The molecule has 1 N–H and O–H groups in total. The monoisotopic (exact) mass is 498 g/mol. The first kappa shape index (κ1) is 23.6. The predicted octanol–water partition coefficient (Wildman–Crippen LogP) is 4.94. The second kappa shape index (κ2) is 11.0. The van der Waals surface area contributed by atoms with Crippen LogP contribution < -0.4 is 15.0 Å². The van der Waals surface area contributed by atoms with Crippen molar-refractivity contribution in [1.82, 2.24) is 9.88 Å². The zero-order valence-electron chi connectivity index (χ0n) is 19.7. The van der Waals surface area contributed by atoms with Gasteiger partial charge in [0.15, 0.2) is 0 Å². The number of carbonyl (C=O) groups excluding carboxylic acids is 2. The highest BCUT2D eigenvalue weighted by atomic mass is 32.1. The number of aromatic nitrogens is 1. The third-order valence-corrected chi connectivity index (χ3v) is 6.74. The first-order valence-electron chi connectivity index (χ1n) is 11.8. The Kier molecular flexibility index (Phi) is 7.23. The predicted molar refractivity (Wildman–Crippen MR) is 142 cm³/mol. The smallest absolute Gasteiger partial charge is 0.257 e. The second-order valence-electron chi connectivity index (χ2n) is 8.45. The van der Waals surface area contributed by atoms with Crippen molar-refractivity contribution in [1.29, 1.82) is 0 Å². The zero-order chi connectivity index (χ0) is 24.7. The molecule has 0 unspecified atom stereocenters. The van der Waals surface area contributed by atoms with E-state index in [4.69, 9.17) is 4.74 Å². The molecule has 1 aliphatic rings. The fourth-order valence-corrected chi connectivity index (χ4v) is 4.66. The van der Waals surface area contributed by atoms with Crippen molar-refractivity contribution in [3.8, 4) is 5.88 Å². The number of hydrogen-bond acceptors (Lipinski definition) is 6. The van der Waals surface area contributed by atoms with E-state index in [0.717, 1.165) is 29.9 Å². The Morgan fingerprint density at radius 1 is 0.889 bits per heavy atom. The van der Waals surface area contributed by atoms with Crippen molar-refractivity contribution in [2.75, 3.05) is 36.4 Å². The van der Waals surface area contributed by atoms with Gasteiger partial charge in [-0.2, -0.15) is 11.3 Å². The molecular weight excluding hydrogens is 472 g/mol. The Hall–Kier alpha value is -4.17. The van der Waals surface area contributed by atoms with E-state index in [1.54, 1.807) is 12.1 Å². The maximum atomic E-state index is 12.6. The molecule has 4 aromatic rings. The molecule has 0 saturated carbocycles. The van der Waals surface area contributed by atoms with Gasteiger partial charge in [-0.25, -0.2) is 4.98 Å². The van der Waals surface area contributed by atoms with Crippen LogP contribution in [0.15, 0.2) is 89.8 Å². The molecule has 2 aromatic heterocycles. The van der Waals surface area contributed by atoms with Crippen LogP contribution in [0.3, 0.4) is 0 Å². The van der Waals surface area contributed by atoms with Crippen molar-refractivity contribution in [3.63, 3.8) is 0 Å². The summed E-state index contributed by atoms with van der Waals surface area (Å²) < 4.78 is 5.69. The van der Waals surface area contributed by atoms with Gasteiger partial charge in [0.2, 0.25) is 5.88 Å². The van der Waals surface area contributed by atoms with Crippen LogP contribution in [-0.4, -0.2) is 47.9 Å². The number of piperazine rings is 1. The lowest BCUT2D eigenvalue weighted by atomic mass is 10.2. The standard InChI is InChI=1S/C28H26N4O3S/c33-27(22-6-11-26(29-18-22)35-19-21-4-2-1-3-5-21)30-24-7-9-25(10-8-24)31-13-15-32(16-14-31)28(34)23-12-17-36-20-23/h1-12,17-18,20H,13-16,19H2,(H,30,33). The molecule has 1 saturated heterocycles. The first-order valence-corrected chi connectivity index (χ1v) is 12.7. The summed E-state index contributed by atoms with van der Waals surface area (Å²) in [6, 6.07) is 22.9. The molecule has 36 heavy (non-hydrogen) atoms. The number of amides is 2. The Morgan fingerprint density at radius 2 is 1.67 bits per heavy atom. The van der Waals surface area contributed by atoms with Crippen LogP contribution in [0.5, 0.6) is 5.88 Å². The van der Waals surface area contributed by atoms with Crippen molar-refractivity contribution in [3.05, 3.63) is 106 Å². The van der Waals surface area contributed by atoms with Gasteiger partial charge in [0.05, 0.1) is 11.1 Å². The van der Waals surface area contributed by atoms with E-state index >= 15 is 0 Å². The van der Waals surface area contributed by atoms with Crippen molar-refractivity contribution in [2.24, 2.45) is 0 Å². The number of nitrogens with zero attached hydrogens (tertiary/aromatic N) is 3. The highest BCUT2D eigenvalue weighted by molar-refractivity contribution is 7.08. The maximum Gasteiger partial charge on any atom is 0.257 e. The molecule has 2 amide bonds. The number of benzene rings is 2. The van der Waals surface area contributed by atoms with E-state index in [1.165, 1.54) is 17.5 Å². The molecule has 0 aliphatic carbocycles. The number of carbonyl (C=O) groups is 2. The summed E-state index contributed by atoms with van der Waals surface area (Å²) >= 11 is 1.54. The Morgan fingerprint density at radius 3 is 2.33 bits per heavy atom. The van der Waals surface area contributed by atoms with Crippen LogP contribution in [0.25, 0.3) is 0 Å². The highest BCUT2D eigenvalue weighted by Gasteiger charge is 2.22. The van der Waals surface area contributed by atoms with Gasteiger partial charge in [0, 0.05) is 55.2 Å². The number of nitrogens with one attached hydrogen (secondary N) is 1. The highest BCUT2D eigenvalue weighted by Crippen LogP contribution is 2.21. The molecule has 3 heterocycles. The van der Waals surface area contributed by atoms with Gasteiger partial charge in [-0.05, 0) is 47.3 Å². The molecule has 0 bridgehead atoms. The molecule has 182 valence electrons. The van der Waals surface area contributed by atoms with E-state index in [2.05, 4.69) is 15.2 Å². The van der Waals surface area contributed by atoms with Gasteiger partial charge >= 0.3 is 0 Å². The normalized spacial score (nSPS) is 13.3. The molecule has 5 rings (SSSR count). The number of anilines is 2. The van der Waals surface area contributed by atoms with Gasteiger partial charge in [0.25, 0.3) is 11.8 Å². The van der Waals surface area contributed by atoms with E-state index in [9.17, 15) is 9.59 Å². The minimum atomic E-state index is -0.231. The number of hydrogen-bond donors (Lipinski definition) is 1. The number of ether oxygens (including phenoxy) is 1. The summed E-state index contributed by atoms with van der Waals surface area (Å²) in [6.45, 7) is 3.33. The van der Waals surface area contributed by atoms with Gasteiger partial charge < -0.3 is 19.9 Å². The molecule has 7 nitrogen and oxygen atoms in total. The first-order chi connectivity index (χ1) is 17.7. The van der Waals surface area contributed by atoms with E-state index in [1.807, 2.05) is 76.3 Å². The summed E-state index contributed by atoms with van der Waals surface area (Å²) in [5, 5.41) is 6.74. The average molecular weight is 499 g/mol. The second-order valence-corrected chi connectivity index (χ2v) is 9.23. The third-order valence-electron chi connectivity index (χ3n) is 6.05. The van der Waals surface area contributed by atoms with Gasteiger partial charge in [0.1, 0.15) is 6.61 Å². The summed E-state index contributed by atoms with van der Waals surface area (Å²) in [7, 11) is 0. The van der Waals surface area contributed by atoms with Crippen LogP contribution in [0.2, 0.25) is 0 Å². The fourth-order valence-electron chi connectivity index (χ4n) is 4.03.